The lowest BCUT2D eigenvalue weighted by atomic mass is 10.1. The maximum Gasteiger partial charge on any atom is 0.0949 e. The fourth-order valence-electron chi connectivity index (χ4n) is 1.95. The first kappa shape index (κ1) is 16.1. The minimum atomic E-state index is -0.104. The van der Waals surface area contributed by atoms with Crippen LogP contribution in [0.15, 0.2) is 35.7 Å². The molecule has 0 amide bonds. The van der Waals surface area contributed by atoms with Crippen LogP contribution in [0.5, 0.6) is 0 Å². The van der Waals surface area contributed by atoms with Crippen LogP contribution in [-0.2, 0) is 11.2 Å². The van der Waals surface area contributed by atoms with Crippen molar-refractivity contribution >= 4 is 11.3 Å². The summed E-state index contributed by atoms with van der Waals surface area (Å²) < 4.78 is 5.86. The van der Waals surface area contributed by atoms with Crippen LogP contribution in [0.3, 0.4) is 0 Å². The van der Waals surface area contributed by atoms with Crippen molar-refractivity contribution in [1.82, 2.24) is 10.3 Å². The summed E-state index contributed by atoms with van der Waals surface area (Å²) in [5, 5.41) is 6.58. The van der Waals surface area contributed by atoms with Crippen LogP contribution in [-0.4, -0.2) is 30.3 Å². The lowest BCUT2D eigenvalue weighted by Gasteiger charge is -2.23. The Morgan fingerprint density at radius 3 is 2.57 bits per heavy atom. The number of thiazole rings is 1. The van der Waals surface area contributed by atoms with Crippen LogP contribution in [0, 0.1) is 0 Å². The van der Waals surface area contributed by atoms with E-state index in [4.69, 9.17) is 9.72 Å². The van der Waals surface area contributed by atoms with E-state index in [0.29, 0.717) is 12.6 Å². The van der Waals surface area contributed by atoms with Crippen molar-refractivity contribution < 1.29 is 4.74 Å². The van der Waals surface area contributed by atoms with Gasteiger partial charge in [-0.05, 0) is 27.8 Å². The highest BCUT2D eigenvalue weighted by molar-refractivity contribution is 7.09. The van der Waals surface area contributed by atoms with Crippen LogP contribution in [0.2, 0.25) is 0 Å². The van der Waals surface area contributed by atoms with Crippen LogP contribution < -0.4 is 5.32 Å². The molecule has 1 aromatic heterocycles. The highest BCUT2D eigenvalue weighted by Crippen LogP contribution is 2.22. The molecule has 4 heteroatoms. The molecular weight excluding hydrogens is 280 g/mol. The monoisotopic (exact) mass is 304 g/mol. The van der Waals surface area contributed by atoms with Crippen molar-refractivity contribution in [2.24, 2.45) is 0 Å². The average Bonchev–Trinajstić information content (AvgIpc) is 2.92. The van der Waals surface area contributed by atoms with Gasteiger partial charge in [-0.3, -0.25) is 0 Å². The van der Waals surface area contributed by atoms with E-state index in [-0.39, 0.29) is 5.60 Å². The second-order valence-electron chi connectivity index (χ2n) is 6.11. The van der Waals surface area contributed by atoms with Crippen LogP contribution >= 0.6 is 11.3 Å². The van der Waals surface area contributed by atoms with Gasteiger partial charge >= 0.3 is 0 Å². The molecule has 0 spiro atoms. The van der Waals surface area contributed by atoms with Crippen molar-refractivity contribution in [2.75, 3.05) is 13.7 Å². The summed E-state index contributed by atoms with van der Waals surface area (Å²) in [5.74, 6) is 0. The van der Waals surface area contributed by atoms with E-state index < -0.39 is 0 Å². The van der Waals surface area contributed by atoms with Gasteiger partial charge in [0.05, 0.1) is 22.9 Å². The van der Waals surface area contributed by atoms with Gasteiger partial charge in [0.2, 0.25) is 0 Å². The summed E-state index contributed by atoms with van der Waals surface area (Å²) in [6.45, 7) is 6.93. The first-order valence-electron chi connectivity index (χ1n) is 7.29. The summed E-state index contributed by atoms with van der Waals surface area (Å²) in [4.78, 5) is 4.74. The summed E-state index contributed by atoms with van der Waals surface area (Å²) in [6, 6.07) is 10.6. The summed E-state index contributed by atoms with van der Waals surface area (Å²) in [6.07, 6.45) is 0.893. The Kier molecular flexibility index (Phi) is 5.51. The molecule has 1 aromatic carbocycles. The van der Waals surface area contributed by atoms with Crippen molar-refractivity contribution in [2.45, 2.75) is 38.8 Å². The largest absolute Gasteiger partial charge is 0.374 e. The molecule has 3 nitrogen and oxygen atoms in total. The number of likely N-dealkylation sites (N-methyl/N-ethyl adjacent to an activating group) is 1. The van der Waals surface area contributed by atoms with Gasteiger partial charge in [0.25, 0.3) is 0 Å². The molecule has 1 unspecified atom stereocenters. The molecule has 21 heavy (non-hydrogen) atoms. The SMILES string of the molecule is CNC(COC(C)(C)C)Cc1nc(-c2ccccc2)cs1. The quantitative estimate of drug-likeness (QED) is 0.882. The maximum atomic E-state index is 5.86. The molecule has 1 heterocycles. The highest BCUT2D eigenvalue weighted by atomic mass is 32.1. The van der Waals surface area contributed by atoms with E-state index in [1.165, 1.54) is 5.56 Å². The Hall–Kier alpha value is -1.23. The second kappa shape index (κ2) is 7.16. The molecule has 0 bridgehead atoms. The smallest absolute Gasteiger partial charge is 0.0949 e. The van der Waals surface area contributed by atoms with E-state index in [1.807, 2.05) is 25.2 Å². The fourth-order valence-corrected chi connectivity index (χ4v) is 2.84. The lowest BCUT2D eigenvalue weighted by molar-refractivity contribution is -0.0134. The summed E-state index contributed by atoms with van der Waals surface area (Å²) >= 11 is 1.71. The molecule has 0 aliphatic heterocycles. The molecule has 1 atom stereocenters. The van der Waals surface area contributed by atoms with Gasteiger partial charge in [-0.25, -0.2) is 4.98 Å². The van der Waals surface area contributed by atoms with Gasteiger partial charge in [-0.1, -0.05) is 30.3 Å². The predicted molar refractivity (Wildman–Crippen MR) is 89.8 cm³/mol. The standard InChI is InChI=1S/C17H24N2OS/c1-17(2,3)20-11-14(18-4)10-16-19-15(12-21-16)13-8-6-5-7-9-13/h5-9,12,14,18H,10-11H2,1-4H3. The molecule has 0 aliphatic rings. The molecular formula is C17H24N2OS. The maximum absolute atomic E-state index is 5.86. The van der Waals surface area contributed by atoms with E-state index in [9.17, 15) is 0 Å². The summed E-state index contributed by atoms with van der Waals surface area (Å²) in [7, 11) is 1.97. The van der Waals surface area contributed by atoms with Crippen molar-refractivity contribution in [3.63, 3.8) is 0 Å². The third kappa shape index (κ3) is 5.23. The molecule has 2 aromatic rings. The number of nitrogens with one attached hydrogen (secondary N) is 1. The minimum absolute atomic E-state index is 0.104. The van der Waals surface area contributed by atoms with Gasteiger partial charge in [-0.15, -0.1) is 11.3 Å². The zero-order chi connectivity index (χ0) is 15.3. The minimum Gasteiger partial charge on any atom is -0.374 e. The van der Waals surface area contributed by atoms with Gasteiger partial charge < -0.3 is 10.1 Å². The Labute approximate surface area is 131 Å². The van der Waals surface area contributed by atoms with E-state index in [1.54, 1.807) is 11.3 Å². The molecule has 1 N–H and O–H groups in total. The Balaban J connectivity index is 1.98. The number of aromatic nitrogens is 1. The predicted octanol–water partition coefficient (Wildman–Crippen LogP) is 3.76. The number of rotatable bonds is 6. The van der Waals surface area contributed by atoms with Gasteiger partial charge in [0.15, 0.2) is 0 Å². The third-order valence-corrected chi connectivity index (χ3v) is 4.04. The zero-order valence-corrected chi connectivity index (χ0v) is 14.0. The van der Waals surface area contributed by atoms with E-state index in [2.05, 4.69) is 43.6 Å². The second-order valence-corrected chi connectivity index (χ2v) is 7.05. The number of hydrogen-bond donors (Lipinski definition) is 1. The Morgan fingerprint density at radius 1 is 1.24 bits per heavy atom. The van der Waals surface area contributed by atoms with Gasteiger partial charge in [0, 0.05) is 23.4 Å². The molecule has 0 aliphatic carbocycles. The van der Waals surface area contributed by atoms with Crippen molar-refractivity contribution in [3.05, 3.63) is 40.7 Å². The average molecular weight is 304 g/mol. The lowest BCUT2D eigenvalue weighted by Crippen LogP contribution is -2.36. The van der Waals surface area contributed by atoms with Crippen LogP contribution in [0.25, 0.3) is 11.3 Å². The third-order valence-electron chi connectivity index (χ3n) is 3.17. The zero-order valence-electron chi connectivity index (χ0n) is 13.2. The van der Waals surface area contributed by atoms with E-state index in [0.717, 1.165) is 17.1 Å². The van der Waals surface area contributed by atoms with Gasteiger partial charge in [-0.2, -0.15) is 0 Å². The molecule has 2 rings (SSSR count). The number of nitrogens with zero attached hydrogens (tertiary/aromatic N) is 1. The molecule has 0 saturated heterocycles. The highest BCUT2D eigenvalue weighted by Gasteiger charge is 2.16. The topological polar surface area (TPSA) is 34.1 Å². The van der Waals surface area contributed by atoms with Crippen molar-refractivity contribution in [3.8, 4) is 11.3 Å². The van der Waals surface area contributed by atoms with E-state index >= 15 is 0 Å². The molecule has 0 fully saturated rings. The number of hydrogen-bond acceptors (Lipinski definition) is 4. The normalized spacial score (nSPS) is 13.3. The molecule has 0 saturated carbocycles. The number of ether oxygens (including phenoxy) is 1. The number of benzene rings is 1. The van der Waals surface area contributed by atoms with Crippen LogP contribution in [0.1, 0.15) is 25.8 Å². The molecule has 114 valence electrons. The molecule has 0 radical (unpaired) electrons. The fraction of sp³-hybridized carbons (Fsp3) is 0.471. The first-order chi connectivity index (χ1) is 9.98. The summed E-state index contributed by atoms with van der Waals surface area (Å²) in [5.41, 5.74) is 2.13. The first-order valence-corrected chi connectivity index (χ1v) is 8.17. The Bertz CT molecular complexity index is 545. The van der Waals surface area contributed by atoms with Gasteiger partial charge in [0.1, 0.15) is 0 Å². The Morgan fingerprint density at radius 2 is 1.95 bits per heavy atom. The van der Waals surface area contributed by atoms with Crippen molar-refractivity contribution in [1.29, 1.82) is 0 Å². The van der Waals surface area contributed by atoms with Crippen LogP contribution in [0.4, 0.5) is 0 Å².